The van der Waals surface area contributed by atoms with E-state index in [1.54, 1.807) is 18.2 Å². The molecule has 3 atom stereocenters. The van der Waals surface area contributed by atoms with E-state index in [1.807, 2.05) is 34.6 Å². The van der Waals surface area contributed by atoms with E-state index in [9.17, 15) is 18.4 Å². The van der Waals surface area contributed by atoms with Crippen molar-refractivity contribution in [2.24, 2.45) is 5.92 Å². The van der Waals surface area contributed by atoms with Gasteiger partial charge in [-0.25, -0.2) is 18.6 Å². The summed E-state index contributed by atoms with van der Waals surface area (Å²) in [5, 5.41) is 8.84. The number of aromatic nitrogens is 5. The van der Waals surface area contributed by atoms with E-state index in [1.165, 1.54) is 19.3 Å². The van der Waals surface area contributed by atoms with Crippen LogP contribution >= 0.6 is 8.86 Å². The van der Waals surface area contributed by atoms with Gasteiger partial charge in [-0.1, -0.05) is 27.7 Å². The van der Waals surface area contributed by atoms with Crippen LogP contribution < -0.4 is 16.0 Å². The van der Waals surface area contributed by atoms with E-state index in [-0.39, 0.29) is 11.7 Å². The zero-order valence-corrected chi connectivity index (χ0v) is 23.3. The Kier molecular flexibility index (Phi) is 11.9. The second kappa shape index (κ2) is 14.6. The number of ether oxygens (including phenoxy) is 2. The number of H-pyrrole nitrogens is 2. The number of nitrogens with one attached hydrogen (secondary N) is 2. The quantitative estimate of drug-likeness (QED) is 0.437. The lowest BCUT2D eigenvalue weighted by Crippen LogP contribution is -2.23. The molecule has 1 fully saturated rings. The molecule has 0 aromatic carbocycles. The summed E-state index contributed by atoms with van der Waals surface area (Å²) < 4.78 is 36.2. The van der Waals surface area contributed by atoms with Crippen molar-refractivity contribution < 1.29 is 18.3 Å². The van der Waals surface area contributed by atoms with E-state index >= 15 is 0 Å². The molecule has 2 unspecified atom stereocenters. The number of alkyl halides is 2. The van der Waals surface area contributed by atoms with Crippen molar-refractivity contribution in [2.75, 3.05) is 13.2 Å². The fourth-order valence-electron chi connectivity index (χ4n) is 3.43. The highest BCUT2D eigenvalue weighted by Gasteiger charge is 2.27. The van der Waals surface area contributed by atoms with Gasteiger partial charge in [0, 0.05) is 35.9 Å². The van der Waals surface area contributed by atoms with Crippen LogP contribution in [0.1, 0.15) is 57.4 Å². The minimum atomic E-state index is -2.38. The summed E-state index contributed by atoms with van der Waals surface area (Å²) in [7, 11) is 3.43. The SMILES string of the molecule is CC.CC(=P)c1cc(-c2c[nH]c(=O)[nH]c2=O)nnc1C.CC(c1ccnc(OC2COC[C@@H]2C)c1)C(F)F. The Labute approximate surface area is 222 Å². The van der Waals surface area contributed by atoms with Crippen LogP contribution in [0.2, 0.25) is 0 Å². The van der Waals surface area contributed by atoms with Crippen molar-refractivity contribution in [3.8, 4) is 17.1 Å². The summed E-state index contributed by atoms with van der Waals surface area (Å²) >= 11 is 0. The fraction of sp³-hybridized carbons (Fsp3) is 0.462. The molecule has 0 spiro atoms. The molecule has 38 heavy (non-hydrogen) atoms. The molecule has 4 heterocycles. The average molecular weight is 550 g/mol. The summed E-state index contributed by atoms with van der Waals surface area (Å²) in [6.45, 7) is 12.4. The third-order valence-corrected chi connectivity index (χ3v) is 5.98. The first-order chi connectivity index (χ1) is 18.1. The molecule has 3 aromatic rings. The maximum atomic E-state index is 12.6. The van der Waals surface area contributed by atoms with Crippen LogP contribution in [0.4, 0.5) is 8.78 Å². The Bertz CT molecular complexity index is 1330. The highest BCUT2D eigenvalue weighted by molar-refractivity contribution is 7.22. The number of nitrogens with zero attached hydrogens (tertiary/aromatic N) is 3. The van der Waals surface area contributed by atoms with Crippen LogP contribution in [0.5, 0.6) is 5.88 Å². The maximum absolute atomic E-state index is 12.6. The smallest absolute Gasteiger partial charge is 0.325 e. The lowest BCUT2D eigenvalue weighted by atomic mass is 10.0. The van der Waals surface area contributed by atoms with Gasteiger partial charge in [0.1, 0.15) is 11.8 Å². The molecule has 1 aliphatic rings. The lowest BCUT2D eigenvalue weighted by Gasteiger charge is -2.17. The van der Waals surface area contributed by atoms with Crippen molar-refractivity contribution in [3.63, 3.8) is 0 Å². The first kappa shape index (κ1) is 30.9. The van der Waals surface area contributed by atoms with Gasteiger partial charge in [-0.2, -0.15) is 5.10 Å². The summed E-state index contributed by atoms with van der Waals surface area (Å²) in [6, 6.07) is 4.92. The van der Waals surface area contributed by atoms with Crippen LogP contribution in [0.3, 0.4) is 0 Å². The van der Waals surface area contributed by atoms with Crippen molar-refractivity contribution in [1.82, 2.24) is 25.1 Å². The van der Waals surface area contributed by atoms with E-state index in [0.717, 1.165) is 16.6 Å². The minimum absolute atomic E-state index is 0.0467. The normalized spacial score (nSPS) is 17.1. The fourth-order valence-corrected chi connectivity index (χ4v) is 3.68. The van der Waals surface area contributed by atoms with Crippen LogP contribution in [0.25, 0.3) is 11.3 Å². The van der Waals surface area contributed by atoms with E-state index < -0.39 is 23.6 Å². The first-order valence-corrected chi connectivity index (χ1v) is 12.8. The molecule has 0 saturated carbocycles. The Balaban J connectivity index is 0.000000251. The van der Waals surface area contributed by atoms with Crippen molar-refractivity contribution in [2.45, 2.75) is 60.0 Å². The molecule has 12 heteroatoms. The number of pyridine rings is 1. The second-order valence-corrected chi connectivity index (χ2v) is 9.31. The van der Waals surface area contributed by atoms with Crippen LogP contribution in [0, 0.1) is 12.8 Å². The lowest BCUT2D eigenvalue weighted by molar-refractivity contribution is 0.120. The van der Waals surface area contributed by atoms with Gasteiger partial charge in [0.25, 0.3) is 5.56 Å². The summed E-state index contributed by atoms with van der Waals surface area (Å²) in [5.74, 6) is -0.127. The third kappa shape index (κ3) is 8.36. The number of hydrogen-bond acceptors (Lipinski definition) is 7. The highest BCUT2D eigenvalue weighted by Crippen LogP contribution is 2.26. The van der Waals surface area contributed by atoms with Crippen LogP contribution in [-0.2, 0) is 4.74 Å². The topological polar surface area (TPSA) is 123 Å². The molecular weight excluding hydrogens is 515 g/mol. The second-order valence-electron chi connectivity index (χ2n) is 8.56. The van der Waals surface area contributed by atoms with Gasteiger partial charge in [0.05, 0.1) is 24.5 Å². The van der Waals surface area contributed by atoms with E-state index in [2.05, 4.69) is 34.0 Å². The molecule has 2 N–H and O–H groups in total. The minimum Gasteiger partial charge on any atom is -0.472 e. The summed E-state index contributed by atoms with van der Waals surface area (Å²) in [5.41, 5.74) is 1.80. The molecule has 0 bridgehead atoms. The molecule has 1 saturated heterocycles. The molecule has 9 nitrogen and oxygen atoms in total. The van der Waals surface area contributed by atoms with Gasteiger partial charge in [0.2, 0.25) is 12.3 Å². The van der Waals surface area contributed by atoms with Gasteiger partial charge in [-0.15, -0.1) is 14.0 Å². The molecule has 0 radical (unpaired) electrons. The molecule has 1 aliphatic heterocycles. The molecule has 3 aromatic heterocycles. The Morgan fingerprint density at radius 2 is 1.92 bits per heavy atom. The van der Waals surface area contributed by atoms with Crippen molar-refractivity contribution >= 4 is 14.2 Å². The van der Waals surface area contributed by atoms with E-state index in [0.29, 0.717) is 36.3 Å². The van der Waals surface area contributed by atoms with Gasteiger partial charge < -0.3 is 14.5 Å². The average Bonchev–Trinajstić information content (AvgIpc) is 3.29. The molecule has 206 valence electrons. The first-order valence-electron chi connectivity index (χ1n) is 12.3. The largest absolute Gasteiger partial charge is 0.472 e. The molecule has 0 aliphatic carbocycles. The number of hydrogen-bond donors (Lipinski definition) is 2. The van der Waals surface area contributed by atoms with Crippen LogP contribution in [-0.4, -0.2) is 56.2 Å². The Morgan fingerprint density at radius 3 is 2.50 bits per heavy atom. The predicted octanol–water partition coefficient (Wildman–Crippen LogP) is 4.40. The zero-order valence-electron chi connectivity index (χ0n) is 22.3. The maximum Gasteiger partial charge on any atom is 0.325 e. The number of rotatable bonds is 6. The monoisotopic (exact) mass is 549 g/mol. The van der Waals surface area contributed by atoms with E-state index in [4.69, 9.17) is 9.47 Å². The highest BCUT2D eigenvalue weighted by atomic mass is 31.0. The van der Waals surface area contributed by atoms with Gasteiger partial charge in [-0.05, 0) is 36.8 Å². The Morgan fingerprint density at radius 1 is 1.21 bits per heavy atom. The molecule has 0 amide bonds. The molecule has 4 rings (SSSR count). The third-order valence-electron chi connectivity index (χ3n) is 5.71. The standard InChI is InChI=1S/C13H17F2NO2.C11H11N4O2P.C2H6/c1-8-6-17-7-11(8)18-12-5-10(3-4-16-12)9(2)13(14)15;1-5-7(6(2)18)3-9(15-14-5)8-4-12-11(17)13-10(8)16;1-2/h3-5,8-9,11,13H,6-7H2,1-2H3;3-4,18H,1-2H3,(H2,12,13,16,17);1-2H3/t8-,9?,11?;;/m0../s1. The van der Waals surface area contributed by atoms with Gasteiger partial charge in [0.15, 0.2) is 0 Å². The van der Waals surface area contributed by atoms with Crippen LogP contribution in [0.15, 0.2) is 40.2 Å². The van der Waals surface area contributed by atoms with Gasteiger partial charge >= 0.3 is 5.69 Å². The van der Waals surface area contributed by atoms with Gasteiger partial charge in [-0.3, -0.25) is 9.78 Å². The molecular formula is C26H34F2N5O4P. The van der Waals surface area contributed by atoms with Crippen molar-refractivity contribution in [1.29, 1.82) is 0 Å². The predicted molar refractivity (Wildman–Crippen MR) is 146 cm³/mol. The Hall–Kier alpha value is -3.30. The summed E-state index contributed by atoms with van der Waals surface area (Å²) in [4.78, 5) is 31.2. The number of aromatic amines is 2. The number of halogens is 2. The number of aryl methyl sites for hydroxylation is 1. The van der Waals surface area contributed by atoms with Crippen molar-refractivity contribution in [3.05, 3.63) is 68.3 Å². The summed E-state index contributed by atoms with van der Waals surface area (Å²) in [6.07, 6.45) is 0.403. The zero-order chi connectivity index (χ0) is 28.4.